The fourth-order valence-corrected chi connectivity index (χ4v) is 3.42. The molecule has 3 rings (SSSR count). The lowest BCUT2D eigenvalue weighted by molar-refractivity contribution is -0.129. The molecule has 6 nitrogen and oxygen atoms in total. The third-order valence-electron chi connectivity index (χ3n) is 5.05. The van der Waals surface area contributed by atoms with Crippen LogP contribution in [-0.2, 0) is 16.1 Å². The van der Waals surface area contributed by atoms with Gasteiger partial charge in [0.25, 0.3) is 0 Å². The van der Waals surface area contributed by atoms with Crippen LogP contribution in [0.25, 0.3) is 0 Å². The summed E-state index contributed by atoms with van der Waals surface area (Å²) in [6, 6.07) is 11.8. The Morgan fingerprint density at radius 1 is 1.04 bits per heavy atom. The molecule has 2 heterocycles. The van der Waals surface area contributed by atoms with Crippen molar-refractivity contribution in [2.75, 3.05) is 29.9 Å². The maximum Gasteiger partial charge on any atom is 0.226 e. The molecule has 1 N–H and O–H groups in total. The van der Waals surface area contributed by atoms with E-state index in [1.165, 1.54) is 31.9 Å². The average molecular weight is 380 g/mol. The Morgan fingerprint density at radius 2 is 1.71 bits per heavy atom. The Kier molecular flexibility index (Phi) is 7.00. The molecule has 1 aromatic heterocycles. The number of hydrogen-bond donors (Lipinski definition) is 1. The van der Waals surface area contributed by atoms with Gasteiger partial charge in [-0.15, -0.1) is 0 Å². The molecule has 1 aliphatic heterocycles. The highest BCUT2D eigenvalue weighted by Gasteiger charge is 2.13. The summed E-state index contributed by atoms with van der Waals surface area (Å²) in [4.78, 5) is 32.2. The lowest BCUT2D eigenvalue weighted by atomic mass is 10.1. The van der Waals surface area contributed by atoms with Crippen molar-refractivity contribution in [1.82, 2.24) is 9.88 Å². The zero-order valence-corrected chi connectivity index (χ0v) is 16.4. The van der Waals surface area contributed by atoms with Gasteiger partial charge in [-0.3, -0.25) is 14.6 Å². The van der Waals surface area contributed by atoms with Crippen molar-refractivity contribution < 1.29 is 9.59 Å². The minimum atomic E-state index is -0.0910. The van der Waals surface area contributed by atoms with Crippen LogP contribution in [-0.4, -0.2) is 41.3 Å². The van der Waals surface area contributed by atoms with E-state index in [-0.39, 0.29) is 18.2 Å². The van der Waals surface area contributed by atoms with Crippen LogP contribution in [0.5, 0.6) is 0 Å². The Labute approximate surface area is 166 Å². The molecule has 1 aliphatic rings. The molecule has 0 spiro atoms. The van der Waals surface area contributed by atoms with E-state index < -0.39 is 0 Å². The number of anilines is 2. The number of nitrogens with zero attached hydrogens (tertiary/aromatic N) is 3. The lowest BCUT2D eigenvalue weighted by Crippen LogP contribution is -2.31. The number of hydrogen-bond acceptors (Lipinski definition) is 4. The highest BCUT2D eigenvalue weighted by Crippen LogP contribution is 2.21. The minimum Gasteiger partial charge on any atom is -0.372 e. The molecule has 1 fully saturated rings. The molecule has 0 atom stereocenters. The standard InChI is InChI=1S/C22H28N4O2/c1-18(27)26(17-19-9-12-23-13-10-19)16-11-22(28)24-20-5-7-21(8-6-20)25-14-3-2-4-15-25/h5-10,12-13H,2-4,11,14-17H2,1H3,(H,24,28). The molecule has 0 unspecified atom stereocenters. The van der Waals surface area contributed by atoms with Crippen LogP contribution in [0.4, 0.5) is 11.4 Å². The zero-order chi connectivity index (χ0) is 19.8. The average Bonchev–Trinajstić information content (AvgIpc) is 2.73. The van der Waals surface area contributed by atoms with Gasteiger partial charge in [0, 0.05) is 63.3 Å². The van der Waals surface area contributed by atoms with E-state index in [4.69, 9.17) is 0 Å². The van der Waals surface area contributed by atoms with Crippen LogP contribution in [0.3, 0.4) is 0 Å². The van der Waals surface area contributed by atoms with Crippen molar-refractivity contribution in [3.63, 3.8) is 0 Å². The summed E-state index contributed by atoms with van der Waals surface area (Å²) in [6.07, 6.45) is 7.46. The molecule has 0 radical (unpaired) electrons. The summed E-state index contributed by atoms with van der Waals surface area (Å²) >= 11 is 0. The largest absolute Gasteiger partial charge is 0.372 e. The summed E-state index contributed by atoms with van der Waals surface area (Å²) in [5.74, 6) is -0.137. The van der Waals surface area contributed by atoms with Gasteiger partial charge in [0.15, 0.2) is 0 Å². The summed E-state index contributed by atoms with van der Waals surface area (Å²) in [6.45, 7) is 4.59. The Bertz CT molecular complexity index is 771. The van der Waals surface area contributed by atoms with Crippen molar-refractivity contribution in [1.29, 1.82) is 0 Å². The normalized spacial score (nSPS) is 13.8. The second-order valence-electron chi connectivity index (χ2n) is 7.19. The smallest absolute Gasteiger partial charge is 0.226 e. The lowest BCUT2D eigenvalue weighted by Gasteiger charge is -2.28. The number of pyridine rings is 1. The second kappa shape index (κ2) is 9.88. The van der Waals surface area contributed by atoms with Gasteiger partial charge >= 0.3 is 0 Å². The van der Waals surface area contributed by atoms with E-state index in [1.54, 1.807) is 17.3 Å². The number of benzene rings is 1. The van der Waals surface area contributed by atoms with E-state index in [0.29, 0.717) is 13.1 Å². The van der Waals surface area contributed by atoms with Gasteiger partial charge in [0.2, 0.25) is 11.8 Å². The number of rotatable bonds is 7. The second-order valence-corrected chi connectivity index (χ2v) is 7.19. The van der Waals surface area contributed by atoms with Crippen molar-refractivity contribution >= 4 is 23.2 Å². The quantitative estimate of drug-likeness (QED) is 0.799. The summed E-state index contributed by atoms with van der Waals surface area (Å²) in [7, 11) is 0. The predicted octanol–water partition coefficient (Wildman–Crippen LogP) is 3.45. The van der Waals surface area contributed by atoms with Crippen molar-refractivity contribution in [2.45, 2.75) is 39.2 Å². The van der Waals surface area contributed by atoms with Gasteiger partial charge in [-0.05, 0) is 61.2 Å². The fourth-order valence-electron chi connectivity index (χ4n) is 3.42. The third kappa shape index (κ3) is 5.81. The highest BCUT2D eigenvalue weighted by atomic mass is 16.2. The molecule has 0 saturated carbocycles. The number of amides is 2. The zero-order valence-electron chi connectivity index (χ0n) is 16.4. The SMILES string of the molecule is CC(=O)N(CCC(=O)Nc1ccc(N2CCCCC2)cc1)Cc1ccncc1. The Balaban J connectivity index is 1.49. The highest BCUT2D eigenvalue weighted by molar-refractivity contribution is 5.91. The number of carbonyl (C=O) groups excluding carboxylic acids is 2. The minimum absolute atomic E-state index is 0.0458. The third-order valence-corrected chi connectivity index (χ3v) is 5.05. The molecular formula is C22H28N4O2. The number of aromatic nitrogens is 1. The van der Waals surface area contributed by atoms with Crippen molar-refractivity contribution in [3.05, 3.63) is 54.4 Å². The Hall–Kier alpha value is -2.89. The number of piperidine rings is 1. The molecule has 1 saturated heterocycles. The molecule has 0 aliphatic carbocycles. The number of carbonyl (C=O) groups is 2. The van der Waals surface area contributed by atoms with E-state index in [2.05, 4.69) is 27.3 Å². The molecule has 0 bridgehead atoms. The van der Waals surface area contributed by atoms with Gasteiger partial charge < -0.3 is 15.1 Å². The molecule has 2 aromatic rings. The first-order valence-electron chi connectivity index (χ1n) is 9.91. The molecule has 2 amide bonds. The molecule has 148 valence electrons. The van der Waals surface area contributed by atoms with Gasteiger partial charge in [-0.2, -0.15) is 0 Å². The van der Waals surface area contributed by atoms with Crippen molar-refractivity contribution in [3.8, 4) is 0 Å². The van der Waals surface area contributed by atoms with Crippen LogP contribution >= 0.6 is 0 Å². The maximum atomic E-state index is 12.3. The summed E-state index contributed by atoms with van der Waals surface area (Å²) in [5, 5.41) is 2.92. The molecule has 1 aromatic carbocycles. The van der Waals surface area contributed by atoms with E-state index in [9.17, 15) is 9.59 Å². The van der Waals surface area contributed by atoms with Gasteiger partial charge in [0.05, 0.1) is 0 Å². The first-order valence-corrected chi connectivity index (χ1v) is 9.91. The van der Waals surface area contributed by atoms with Crippen LogP contribution in [0.1, 0.15) is 38.2 Å². The fraction of sp³-hybridized carbons (Fsp3) is 0.409. The van der Waals surface area contributed by atoms with Crippen LogP contribution in [0, 0.1) is 0 Å². The molecule has 28 heavy (non-hydrogen) atoms. The first-order chi connectivity index (χ1) is 13.6. The summed E-state index contributed by atoms with van der Waals surface area (Å²) < 4.78 is 0. The first kappa shape index (κ1) is 19.9. The molecular weight excluding hydrogens is 352 g/mol. The van der Waals surface area contributed by atoms with Crippen LogP contribution in [0.15, 0.2) is 48.8 Å². The topological polar surface area (TPSA) is 65.5 Å². The van der Waals surface area contributed by atoms with Gasteiger partial charge in [-0.25, -0.2) is 0 Å². The molecule has 6 heteroatoms. The maximum absolute atomic E-state index is 12.3. The van der Waals surface area contributed by atoms with Crippen LogP contribution < -0.4 is 10.2 Å². The van der Waals surface area contributed by atoms with E-state index >= 15 is 0 Å². The van der Waals surface area contributed by atoms with E-state index in [1.807, 2.05) is 24.3 Å². The van der Waals surface area contributed by atoms with E-state index in [0.717, 1.165) is 24.3 Å². The van der Waals surface area contributed by atoms with Crippen LogP contribution in [0.2, 0.25) is 0 Å². The predicted molar refractivity (Wildman–Crippen MR) is 111 cm³/mol. The van der Waals surface area contributed by atoms with Gasteiger partial charge in [0.1, 0.15) is 0 Å². The Morgan fingerprint density at radius 3 is 2.36 bits per heavy atom. The number of nitrogens with one attached hydrogen (secondary N) is 1. The monoisotopic (exact) mass is 380 g/mol. The summed E-state index contributed by atoms with van der Waals surface area (Å²) in [5.41, 5.74) is 2.99. The van der Waals surface area contributed by atoms with Gasteiger partial charge in [-0.1, -0.05) is 0 Å². The van der Waals surface area contributed by atoms with Crippen molar-refractivity contribution in [2.24, 2.45) is 0 Å².